The van der Waals surface area contributed by atoms with Crippen molar-refractivity contribution in [3.8, 4) is 5.75 Å². The Labute approximate surface area is 122 Å². The third kappa shape index (κ3) is 2.60. The molecule has 0 aliphatic rings. The number of aromatic nitrogens is 3. The summed E-state index contributed by atoms with van der Waals surface area (Å²) in [5.41, 5.74) is 1.71. The Morgan fingerprint density at radius 3 is 2.75 bits per heavy atom. The molecular weight excluding hydrogens is 274 g/mol. The molecule has 4 nitrogen and oxygen atoms in total. The molecule has 0 bridgehead atoms. The zero-order chi connectivity index (χ0) is 13.8. The molecule has 3 rings (SSSR count). The molecule has 2 aromatic heterocycles. The molecule has 0 fully saturated rings. The molecular formula is C15H14ClN3O. The normalized spacial score (nSPS) is 10.8. The number of pyridine rings is 1. The molecule has 0 aliphatic heterocycles. The van der Waals surface area contributed by atoms with Gasteiger partial charge in [0.2, 0.25) is 0 Å². The number of imidazole rings is 1. The summed E-state index contributed by atoms with van der Waals surface area (Å²) in [7, 11) is 0. The number of fused-ring (bicyclic) bond motifs is 1. The number of halogens is 1. The van der Waals surface area contributed by atoms with Crippen molar-refractivity contribution < 1.29 is 4.74 Å². The molecule has 20 heavy (non-hydrogen) atoms. The average molecular weight is 288 g/mol. The van der Waals surface area contributed by atoms with Crippen molar-refractivity contribution >= 4 is 22.8 Å². The largest absolute Gasteiger partial charge is 0.492 e. The van der Waals surface area contributed by atoms with Crippen LogP contribution < -0.4 is 4.74 Å². The molecule has 0 atom stereocenters. The lowest BCUT2D eigenvalue weighted by molar-refractivity contribution is 0.298. The molecule has 0 N–H and O–H groups in total. The van der Waals surface area contributed by atoms with Gasteiger partial charge >= 0.3 is 0 Å². The van der Waals surface area contributed by atoms with Crippen LogP contribution >= 0.6 is 11.6 Å². The smallest absolute Gasteiger partial charge is 0.160 e. The molecule has 0 aliphatic carbocycles. The fourth-order valence-electron chi connectivity index (χ4n) is 2.11. The van der Waals surface area contributed by atoms with Crippen molar-refractivity contribution in [2.24, 2.45) is 0 Å². The van der Waals surface area contributed by atoms with Gasteiger partial charge in [0.25, 0.3) is 0 Å². The highest BCUT2D eigenvalue weighted by molar-refractivity contribution is 6.16. The number of benzene rings is 1. The van der Waals surface area contributed by atoms with Gasteiger partial charge < -0.3 is 9.30 Å². The highest BCUT2D eigenvalue weighted by Gasteiger charge is 2.10. The first-order chi connectivity index (χ1) is 9.88. The van der Waals surface area contributed by atoms with Crippen LogP contribution in [0, 0.1) is 0 Å². The van der Waals surface area contributed by atoms with Crippen molar-refractivity contribution in [1.82, 2.24) is 14.5 Å². The standard InChI is InChI=1S/C15H14ClN3O/c16-11-14-18-13-7-4-8-17-15(13)19(14)9-10-20-12-5-2-1-3-6-12/h1-8H,9-11H2. The Kier molecular flexibility index (Phi) is 3.83. The summed E-state index contributed by atoms with van der Waals surface area (Å²) < 4.78 is 7.71. The lowest BCUT2D eigenvalue weighted by Gasteiger charge is -2.09. The first-order valence-electron chi connectivity index (χ1n) is 6.42. The number of ether oxygens (including phenoxy) is 1. The van der Waals surface area contributed by atoms with Gasteiger partial charge in [0.05, 0.1) is 12.4 Å². The van der Waals surface area contributed by atoms with E-state index in [-0.39, 0.29) is 0 Å². The van der Waals surface area contributed by atoms with Gasteiger partial charge in [-0.2, -0.15) is 0 Å². The third-order valence-corrected chi connectivity index (χ3v) is 3.27. The Hall–Kier alpha value is -2.07. The van der Waals surface area contributed by atoms with Crippen molar-refractivity contribution in [2.75, 3.05) is 6.61 Å². The SMILES string of the molecule is ClCc1nc2cccnc2n1CCOc1ccccc1. The Morgan fingerprint density at radius 2 is 1.95 bits per heavy atom. The summed E-state index contributed by atoms with van der Waals surface area (Å²) in [4.78, 5) is 8.83. The van der Waals surface area contributed by atoms with E-state index in [4.69, 9.17) is 16.3 Å². The second kappa shape index (κ2) is 5.92. The highest BCUT2D eigenvalue weighted by atomic mass is 35.5. The summed E-state index contributed by atoms with van der Waals surface area (Å²) >= 11 is 5.95. The maximum Gasteiger partial charge on any atom is 0.160 e. The molecule has 0 saturated heterocycles. The minimum absolute atomic E-state index is 0.363. The van der Waals surface area contributed by atoms with Gasteiger partial charge in [0, 0.05) is 6.20 Å². The van der Waals surface area contributed by atoms with Gasteiger partial charge in [0.1, 0.15) is 23.7 Å². The summed E-state index contributed by atoms with van der Waals surface area (Å²) in [5.74, 6) is 2.04. The Bertz CT molecular complexity index is 697. The van der Waals surface area contributed by atoms with Crippen LogP contribution in [0.15, 0.2) is 48.7 Å². The van der Waals surface area contributed by atoms with Crippen LogP contribution in [-0.2, 0) is 12.4 Å². The molecule has 1 aromatic carbocycles. The van der Waals surface area contributed by atoms with E-state index in [1.54, 1.807) is 6.20 Å². The molecule has 0 spiro atoms. The summed E-state index contributed by atoms with van der Waals surface area (Å²) in [6.45, 7) is 1.22. The van der Waals surface area contributed by atoms with Crippen molar-refractivity contribution in [3.63, 3.8) is 0 Å². The van der Waals surface area contributed by atoms with E-state index in [1.807, 2.05) is 47.0 Å². The van der Waals surface area contributed by atoms with Crippen LogP contribution in [-0.4, -0.2) is 21.1 Å². The Balaban J connectivity index is 1.77. The van der Waals surface area contributed by atoms with Crippen molar-refractivity contribution in [3.05, 3.63) is 54.5 Å². The van der Waals surface area contributed by atoms with Crippen LogP contribution in [0.2, 0.25) is 0 Å². The number of hydrogen-bond acceptors (Lipinski definition) is 3. The zero-order valence-electron chi connectivity index (χ0n) is 10.9. The van der Waals surface area contributed by atoms with E-state index < -0.39 is 0 Å². The minimum atomic E-state index is 0.363. The van der Waals surface area contributed by atoms with Crippen LogP contribution in [0.25, 0.3) is 11.2 Å². The quantitative estimate of drug-likeness (QED) is 0.676. The number of hydrogen-bond donors (Lipinski definition) is 0. The molecule has 0 saturated carbocycles. The second-order valence-electron chi connectivity index (χ2n) is 4.32. The van der Waals surface area contributed by atoms with E-state index in [1.165, 1.54) is 0 Å². The van der Waals surface area contributed by atoms with E-state index in [0.29, 0.717) is 19.0 Å². The minimum Gasteiger partial charge on any atom is -0.492 e. The average Bonchev–Trinajstić information content (AvgIpc) is 2.87. The number of rotatable bonds is 5. The van der Waals surface area contributed by atoms with Gasteiger partial charge in [-0.3, -0.25) is 0 Å². The van der Waals surface area contributed by atoms with Gasteiger partial charge in [-0.1, -0.05) is 18.2 Å². The number of alkyl halides is 1. The second-order valence-corrected chi connectivity index (χ2v) is 4.59. The van der Waals surface area contributed by atoms with Gasteiger partial charge in [-0.25, -0.2) is 9.97 Å². The predicted octanol–water partition coefficient (Wildman–Crippen LogP) is 3.25. The first-order valence-corrected chi connectivity index (χ1v) is 6.96. The molecule has 0 unspecified atom stereocenters. The Morgan fingerprint density at radius 1 is 1.10 bits per heavy atom. The number of para-hydroxylation sites is 1. The fourth-order valence-corrected chi connectivity index (χ4v) is 2.32. The zero-order valence-corrected chi connectivity index (χ0v) is 11.6. The predicted molar refractivity (Wildman–Crippen MR) is 79.0 cm³/mol. The van der Waals surface area contributed by atoms with Crippen molar-refractivity contribution in [1.29, 1.82) is 0 Å². The topological polar surface area (TPSA) is 39.9 Å². The highest BCUT2D eigenvalue weighted by Crippen LogP contribution is 2.15. The summed E-state index contributed by atoms with van der Waals surface area (Å²) in [5, 5.41) is 0. The van der Waals surface area contributed by atoms with E-state index in [0.717, 1.165) is 22.7 Å². The summed E-state index contributed by atoms with van der Waals surface area (Å²) in [6.07, 6.45) is 1.76. The fraction of sp³-hybridized carbons (Fsp3) is 0.200. The lowest BCUT2D eigenvalue weighted by Crippen LogP contribution is -2.11. The maximum atomic E-state index is 5.95. The monoisotopic (exact) mass is 287 g/mol. The van der Waals surface area contributed by atoms with Crippen LogP contribution in [0.5, 0.6) is 5.75 Å². The van der Waals surface area contributed by atoms with Gasteiger partial charge in [-0.15, -0.1) is 11.6 Å². The molecule has 0 amide bonds. The molecule has 3 aromatic rings. The van der Waals surface area contributed by atoms with Crippen LogP contribution in [0.3, 0.4) is 0 Å². The summed E-state index contributed by atoms with van der Waals surface area (Å²) in [6, 6.07) is 13.6. The first kappa shape index (κ1) is 12.9. The van der Waals surface area contributed by atoms with E-state index in [2.05, 4.69) is 9.97 Å². The molecule has 2 heterocycles. The molecule has 5 heteroatoms. The van der Waals surface area contributed by atoms with E-state index in [9.17, 15) is 0 Å². The third-order valence-electron chi connectivity index (χ3n) is 3.03. The van der Waals surface area contributed by atoms with Crippen LogP contribution in [0.4, 0.5) is 0 Å². The lowest BCUT2D eigenvalue weighted by atomic mass is 10.3. The number of nitrogens with zero attached hydrogens (tertiary/aromatic N) is 3. The van der Waals surface area contributed by atoms with Gasteiger partial charge in [0.15, 0.2) is 5.65 Å². The van der Waals surface area contributed by atoms with Gasteiger partial charge in [-0.05, 0) is 24.3 Å². The van der Waals surface area contributed by atoms with Crippen LogP contribution in [0.1, 0.15) is 5.82 Å². The molecule has 102 valence electrons. The maximum absolute atomic E-state index is 5.95. The molecule has 0 radical (unpaired) electrons. The van der Waals surface area contributed by atoms with E-state index >= 15 is 0 Å². The van der Waals surface area contributed by atoms with Crippen molar-refractivity contribution in [2.45, 2.75) is 12.4 Å².